The first kappa shape index (κ1) is 22.5. The molecule has 0 unspecified atom stereocenters. The van der Waals surface area contributed by atoms with Crippen molar-refractivity contribution in [3.05, 3.63) is 90.5 Å². The summed E-state index contributed by atoms with van der Waals surface area (Å²) in [5.74, 6) is 0. The quantitative estimate of drug-likeness (QED) is 0.331. The van der Waals surface area contributed by atoms with Crippen molar-refractivity contribution < 1.29 is 0 Å². The number of nitrogens with one attached hydrogen (secondary N) is 1. The number of rotatable bonds is 4. The lowest BCUT2D eigenvalue weighted by atomic mass is 9.97. The first-order valence-electron chi connectivity index (χ1n) is 12.6. The second-order valence-electron chi connectivity index (χ2n) is 9.88. The van der Waals surface area contributed by atoms with Crippen LogP contribution in [0.1, 0.15) is 11.1 Å². The number of piperazine rings is 1. The van der Waals surface area contributed by atoms with Gasteiger partial charge in [0, 0.05) is 73.2 Å². The Hall–Kier alpha value is -3.96. The van der Waals surface area contributed by atoms with E-state index < -0.39 is 0 Å². The van der Waals surface area contributed by atoms with Crippen LogP contribution in [-0.2, 0) is 0 Å². The molecule has 0 aliphatic carbocycles. The van der Waals surface area contributed by atoms with Crippen LogP contribution in [-0.4, -0.2) is 53.1 Å². The lowest BCUT2D eigenvalue weighted by Crippen LogP contribution is -2.45. The van der Waals surface area contributed by atoms with Crippen molar-refractivity contribution >= 4 is 16.7 Å². The largest absolute Gasteiger partial charge is 0.369 e. The van der Waals surface area contributed by atoms with E-state index in [1.54, 1.807) is 0 Å². The average molecular weight is 474 g/mol. The van der Waals surface area contributed by atoms with Crippen molar-refractivity contribution in [1.82, 2.24) is 19.9 Å². The highest BCUT2D eigenvalue weighted by atomic mass is 15.2. The van der Waals surface area contributed by atoms with Crippen LogP contribution in [0.5, 0.6) is 0 Å². The van der Waals surface area contributed by atoms with Gasteiger partial charge in [-0.3, -0.25) is 4.98 Å². The van der Waals surface area contributed by atoms with Gasteiger partial charge in [-0.25, -0.2) is 4.98 Å². The summed E-state index contributed by atoms with van der Waals surface area (Å²) in [5.41, 5.74) is 12.0. The van der Waals surface area contributed by atoms with Crippen LogP contribution in [0.25, 0.3) is 44.4 Å². The molecule has 1 saturated heterocycles. The molecule has 0 spiro atoms. The number of hydrogen-bond donors (Lipinski definition) is 1. The fraction of sp³-hybridized carbons (Fsp3) is 0.226. The molecule has 4 heterocycles. The minimum atomic E-state index is 0.912. The Kier molecular flexibility index (Phi) is 5.78. The Morgan fingerprint density at radius 1 is 0.722 bits per heavy atom. The zero-order valence-electron chi connectivity index (χ0n) is 21.1. The van der Waals surface area contributed by atoms with Gasteiger partial charge in [-0.05, 0) is 84.6 Å². The van der Waals surface area contributed by atoms with Gasteiger partial charge in [-0.2, -0.15) is 0 Å². The third-order valence-electron chi connectivity index (χ3n) is 7.38. The highest BCUT2D eigenvalue weighted by Crippen LogP contribution is 2.35. The van der Waals surface area contributed by atoms with Crippen molar-refractivity contribution in [2.45, 2.75) is 13.8 Å². The normalized spacial score (nSPS) is 14.5. The standard InChI is InChI=1S/C31H31N5/c1-21-16-26(17-22(2)30(21)36-14-12-35(3)13-15-36)27-18-28-29(20-34-31(28)33-19-27)25-6-4-23(5-7-25)24-8-10-32-11-9-24/h4-11,16-20H,12-15H2,1-3H3,(H,33,34). The van der Waals surface area contributed by atoms with Gasteiger partial charge in [-0.15, -0.1) is 0 Å². The van der Waals surface area contributed by atoms with E-state index in [4.69, 9.17) is 4.98 Å². The number of aromatic nitrogens is 3. The van der Waals surface area contributed by atoms with E-state index in [-0.39, 0.29) is 0 Å². The molecular weight excluding hydrogens is 442 g/mol. The van der Waals surface area contributed by atoms with Gasteiger partial charge in [0.1, 0.15) is 5.65 Å². The van der Waals surface area contributed by atoms with Crippen molar-refractivity contribution in [1.29, 1.82) is 0 Å². The summed E-state index contributed by atoms with van der Waals surface area (Å²) in [4.78, 5) is 17.2. The number of aryl methyl sites for hydroxylation is 2. The van der Waals surface area contributed by atoms with Crippen LogP contribution in [0.4, 0.5) is 5.69 Å². The number of fused-ring (bicyclic) bond motifs is 1. The maximum atomic E-state index is 4.77. The molecule has 5 heteroatoms. The molecule has 180 valence electrons. The molecule has 1 aliphatic rings. The first-order valence-corrected chi connectivity index (χ1v) is 12.6. The highest BCUT2D eigenvalue weighted by Gasteiger charge is 2.19. The average Bonchev–Trinajstić information content (AvgIpc) is 3.33. The Labute approximate surface area is 212 Å². The summed E-state index contributed by atoms with van der Waals surface area (Å²) in [6.45, 7) is 8.86. The topological polar surface area (TPSA) is 48.1 Å². The van der Waals surface area contributed by atoms with Crippen molar-refractivity contribution in [2.75, 3.05) is 38.1 Å². The molecular formula is C31H31N5. The highest BCUT2D eigenvalue weighted by molar-refractivity contribution is 5.96. The molecule has 6 rings (SSSR count). The predicted molar refractivity (Wildman–Crippen MR) is 149 cm³/mol. The minimum Gasteiger partial charge on any atom is -0.369 e. The molecule has 1 aliphatic heterocycles. The second kappa shape index (κ2) is 9.25. The number of benzene rings is 2. The Bertz CT molecular complexity index is 1490. The maximum Gasteiger partial charge on any atom is 0.137 e. The van der Waals surface area contributed by atoms with Crippen LogP contribution >= 0.6 is 0 Å². The molecule has 0 amide bonds. The van der Waals surface area contributed by atoms with E-state index in [9.17, 15) is 0 Å². The molecule has 5 nitrogen and oxygen atoms in total. The maximum absolute atomic E-state index is 4.77. The van der Waals surface area contributed by atoms with Gasteiger partial charge in [-0.1, -0.05) is 24.3 Å². The van der Waals surface area contributed by atoms with Crippen LogP contribution < -0.4 is 4.90 Å². The Morgan fingerprint density at radius 3 is 2.06 bits per heavy atom. The summed E-state index contributed by atoms with van der Waals surface area (Å²) in [7, 11) is 2.20. The fourth-order valence-corrected chi connectivity index (χ4v) is 5.44. The van der Waals surface area contributed by atoms with Gasteiger partial charge < -0.3 is 14.8 Å². The van der Waals surface area contributed by atoms with Gasteiger partial charge in [0.15, 0.2) is 0 Å². The van der Waals surface area contributed by atoms with Crippen LogP contribution in [0.2, 0.25) is 0 Å². The molecule has 1 N–H and O–H groups in total. The molecule has 0 saturated carbocycles. The molecule has 1 fully saturated rings. The van der Waals surface area contributed by atoms with E-state index in [1.165, 1.54) is 44.6 Å². The zero-order chi connectivity index (χ0) is 24.6. The van der Waals surface area contributed by atoms with Crippen LogP contribution in [0.3, 0.4) is 0 Å². The second-order valence-corrected chi connectivity index (χ2v) is 9.88. The first-order chi connectivity index (χ1) is 17.6. The van der Waals surface area contributed by atoms with E-state index in [1.807, 2.05) is 30.7 Å². The van der Waals surface area contributed by atoms with Gasteiger partial charge in [0.2, 0.25) is 0 Å². The van der Waals surface area contributed by atoms with E-state index in [2.05, 4.69) is 89.3 Å². The Morgan fingerprint density at radius 2 is 1.36 bits per heavy atom. The molecule has 0 atom stereocenters. The number of H-pyrrole nitrogens is 1. The molecule has 0 radical (unpaired) electrons. The van der Waals surface area contributed by atoms with Crippen LogP contribution in [0.15, 0.2) is 79.4 Å². The minimum absolute atomic E-state index is 0.912. The van der Waals surface area contributed by atoms with Crippen LogP contribution in [0, 0.1) is 13.8 Å². The van der Waals surface area contributed by atoms with Gasteiger partial charge in [0.25, 0.3) is 0 Å². The van der Waals surface area contributed by atoms with Crippen molar-refractivity contribution in [3.63, 3.8) is 0 Å². The van der Waals surface area contributed by atoms with Gasteiger partial charge in [0.05, 0.1) is 0 Å². The number of hydrogen-bond acceptors (Lipinski definition) is 4. The fourth-order valence-electron chi connectivity index (χ4n) is 5.44. The van der Waals surface area contributed by atoms with Crippen molar-refractivity contribution in [3.8, 4) is 33.4 Å². The van der Waals surface area contributed by atoms with E-state index in [0.29, 0.717) is 0 Å². The lowest BCUT2D eigenvalue weighted by molar-refractivity contribution is 0.312. The molecule has 0 bridgehead atoms. The lowest BCUT2D eigenvalue weighted by Gasteiger charge is -2.36. The molecule has 2 aromatic carbocycles. The van der Waals surface area contributed by atoms with E-state index in [0.717, 1.165) is 42.8 Å². The molecule has 36 heavy (non-hydrogen) atoms. The summed E-state index contributed by atoms with van der Waals surface area (Å²) in [5, 5.41) is 1.14. The number of aromatic amines is 1. The summed E-state index contributed by atoms with van der Waals surface area (Å²) in [6.07, 6.45) is 7.71. The SMILES string of the molecule is Cc1cc(-c2cnc3[nH]cc(-c4ccc(-c5ccncc5)cc4)c3c2)cc(C)c1N1CCN(C)CC1. The predicted octanol–water partition coefficient (Wildman–Crippen LogP) is 6.33. The summed E-state index contributed by atoms with van der Waals surface area (Å²) in [6, 6.07) is 19.7. The summed E-state index contributed by atoms with van der Waals surface area (Å²) < 4.78 is 0. The summed E-state index contributed by atoms with van der Waals surface area (Å²) >= 11 is 0. The zero-order valence-corrected chi connectivity index (χ0v) is 21.1. The third-order valence-corrected chi connectivity index (χ3v) is 7.38. The third kappa shape index (κ3) is 4.16. The monoisotopic (exact) mass is 473 g/mol. The van der Waals surface area contributed by atoms with E-state index >= 15 is 0 Å². The number of nitrogens with zero attached hydrogens (tertiary/aromatic N) is 4. The number of pyridine rings is 2. The van der Waals surface area contributed by atoms with Crippen molar-refractivity contribution in [2.24, 2.45) is 0 Å². The molecule has 3 aromatic heterocycles. The smallest absolute Gasteiger partial charge is 0.137 e. The molecule has 5 aromatic rings. The van der Waals surface area contributed by atoms with Gasteiger partial charge >= 0.3 is 0 Å². The number of likely N-dealkylation sites (N-methyl/N-ethyl adjacent to an activating group) is 1. The Balaban J connectivity index is 1.34. The number of anilines is 1.